The van der Waals surface area contributed by atoms with Crippen LogP contribution in [0.4, 0.5) is 21.6 Å². The zero-order valence-electron chi connectivity index (χ0n) is 21.9. The highest BCUT2D eigenvalue weighted by Crippen LogP contribution is 2.36. The third-order valence-electron chi connectivity index (χ3n) is 6.47. The minimum atomic E-state index is -0.509. The fourth-order valence-electron chi connectivity index (χ4n) is 4.25. The number of benzene rings is 2. The molecule has 1 saturated carbocycles. The van der Waals surface area contributed by atoms with Crippen LogP contribution in [0.2, 0.25) is 5.02 Å². The summed E-state index contributed by atoms with van der Waals surface area (Å²) in [4.78, 5) is 34.7. The molecule has 2 N–H and O–H groups in total. The minimum absolute atomic E-state index is 0.00141. The van der Waals surface area contributed by atoms with E-state index in [9.17, 15) is 14.0 Å². The Bertz CT molecular complexity index is 1430. The number of morpholine rings is 1. The van der Waals surface area contributed by atoms with Crippen LogP contribution in [0.3, 0.4) is 0 Å². The predicted octanol–water partition coefficient (Wildman–Crippen LogP) is 4.32. The number of halogens is 2. The summed E-state index contributed by atoms with van der Waals surface area (Å²) < 4.78 is 30.0. The smallest absolute Gasteiger partial charge is 0.326 e. The summed E-state index contributed by atoms with van der Waals surface area (Å²) in [5, 5.41) is 7.19. The van der Waals surface area contributed by atoms with Crippen molar-refractivity contribution in [2.75, 3.05) is 50.6 Å². The number of cyclic esters (lactones) is 1. The molecule has 2 aliphatic rings. The van der Waals surface area contributed by atoms with Gasteiger partial charge in [-0.25, -0.2) is 14.4 Å². The van der Waals surface area contributed by atoms with Crippen LogP contribution in [0.5, 0.6) is 5.75 Å². The van der Waals surface area contributed by atoms with E-state index in [0.717, 1.165) is 12.8 Å². The first-order valence-electron chi connectivity index (χ1n) is 12.9. The summed E-state index contributed by atoms with van der Waals surface area (Å²) in [6, 6.07) is 8.05. The minimum Gasteiger partial charge on any atom is -0.491 e. The summed E-state index contributed by atoms with van der Waals surface area (Å²) >= 11 is 5.94. The van der Waals surface area contributed by atoms with Gasteiger partial charge in [0.2, 0.25) is 5.91 Å². The molecule has 12 heteroatoms. The van der Waals surface area contributed by atoms with Crippen LogP contribution in [-0.2, 0) is 19.1 Å². The molecule has 1 atom stereocenters. The molecule has 2 aromatic carbocycles. The average molecular weight is 570 g/mol. The molecule has 1 aliphatic carbocycles. The number of fused-ring (bicyclic) bond motifs is 1. The van der Waals surface area contributed by atoms with Gasteiger partial charge in [0.05, 0.1) is 36.0 Å². The summed E-state index contributed by atoms with van der Waals surface area (Å²) in [6.07, 6.45) is 6.36. The van der Waals surface area contributed by atoms with E-state index in [0.29, 0.717) is 52.9 Å². The topological polar surface area (TPSA) is 115 Å². The molecule has 1 saturated heterocycles. The maximum absolute atomic E-state index is 13.6. The number of rotatable bonds is 11. The molecule has 2 heterocycles. The van der Waals surface area contributed by atoms with Crippen molar-refractivity contribution in [2.45, 2.75) is 18.9 Å². The number of hydrogen-bond donors (Lipinski definition) is 2. The highest BCUT2D eigenvalue weighted by Gasteiger charge is 2.28. The first-order chi connectivity index (χ1) is 19.4. The fraction of sp³-hybridized carbons (Fsp3) is 0.357. The molecule has 40 heavy (non-hydrogen) atoms. The van der Waals surface area contributed by atoms with Crippen LogP contribution >= 0.6 is 11.6 Å². The molecule has 1 aliphatic heterocycles. The lowest BCUT2D eigenvalue weighted by atomic mass is 10.1. The average Bonchev–Trinajstić information content (AvgIpc) is 3.76. The van der Waals surface area contributed by atoms with Crippen LogP contribution in [0.25, 0.3) is 10.9 Å². The SMILES string of the molecule is COC[C@H]1CN(C(=O)C=CCNc2cc3c(Nc4ccc(F)c(Cl)c4)ncnc3cc2OCC2CC2)CC(=O)O1. The van der Waals surface area contributed by atoms with Gasteiger partial charge < -0.3 is 29.7 Å². The van der Waals surface area contributed by atoms with Gasteiger partial charge >= 0.3 is 5.97 Å². The van der Waals surface area contributed by atoms with Crippen molar-refractivity contribution in [3.63, 3.8) is 0 Å². The van der Waals surface area contributed by atoms with E-state index in [1.807, 2.05) is 12.1 Å². The Kier molecular flexibility index (Phi) is 8.61. The molecule has 210 valence electrons. The number of ether oxygens (including phenoxy) is 3. The standard InChI is InChI=1S/C28H29ClFN5O5/c1-38-15-19-12-35(13-27(37)40-19)26(36)3-2-8-31-24-10-20-23(11-25(24)39-14-17-4-5-17)32-16-33-28(20)34-18-6-7-22(30)21(29)9-18/h2-3,6-7,9-11,16-17,19,31H,4-5,8,12-15H2,1H3,(H,32,33,34)/t19-/m1/s1. The van der Waals surface area contributed by atoms with Crippen molar-refractivity contribution in [2.24, 2.45) is 5.92 Å². The molecule has 0 unspecified atom stereocenters. The highest BCUT2D eigenvalue weighted by atomic mass is 35.5. The first kappa shape index (κ1) is 27.6. The number of amides is 1. The van der Waals surface area contributed by atoms with Gasteiger partial charge in [-0.05, 0) is 43.0 Å². The lowest BCUT2D eigenvalue weighted by Gasteiger charge is -2.31. The van der Waals surface area contributed by atoms with Crippen molar-refractivity contribution in [3.05, 3.63) is 59.7 Å². The lowest BCUT2D eigenvalue weighted by molar-refractivity contribution is -0.165. The Balaban J connectivity index is 1.32. The molecule has 2 fully saturated rings. The zero-order chi connectivity index (χ0) is 28.1. The highest BCUT2D eigenvalue weighted by molar-refractivity contribution is 6.31. The molecule has 0 radical (unpaired) electrons. The molecule has 0 bridgehead atoms. The lowest BCUT2D eigenvalue weighted by Crippen LogP contribution is -2.49. The Morgan fingerprint density at radius 2 is 2.10 bits per heavy atom. The molecule has 1 amide bonds. The Hall–Kier alpha value is -3.96. The van der Waals surface area contributed by atoms with Crippen molar-refractivity contribution >= 4 is 51.6 Å². The van der Waals surface area contributed by atoms with E-state index < -0.39 is 17.9 Å². The van der Waals surface area contributed by atoms with Crippen LogP contribution in [0.1, 0.15) is 12.8 Å². The normalized spacial score (nSPS) is 17.2. The van der Waals surface area contributed by atoms with Crippen LogP contribution in [0, 0.1) is 11.7 Å². The number of esters is 1. The number of methoxy groups -OCH3 is 1. The number of nitrogens with zero attached hydrogens (tertiary/aromatic N) is 3. The number of nitrogens with one attached hydrogen (secondary N) is 2. The van der Waals surface area contributed by atoms with E-state index in [1.165, 1.54) is 36.5 Å². The van der Waals surface area contributed by atoms with Crippen LogP contribution in [0.15, 0.2) is 48.8 Å². The molecule has 0 spiro atoms. The van der Waals surface area contributed by atoms with Gasteiger partial charge in [0.15, 0.2) is 0 Å². The molecular weight excluding hydrogens is 541 g/mol. The molecular formula is C28H29ClFN5O5. The third-order valence-corrected chi connectivity index (χ3v) is 6.76. The van der Waals surface area contributed by atoms with E-state index in [-0.39, 0.29) is 30.6 Å². The van der Waals surface area contributed by atoms with Gasteiger partial charge in [0, 0.05) is 36.9 Å². The Labute approximate surface area is 235 Å². The molecule has 1 aromatic heterocycles. The zero-order valence-corrected chi connectivity index (χ0v) is 22.6. The number of hydrogen-bond acceptors (Lipinski definition) is 9. The van der Waals surface area contributed by atoms with Gasteiger partial charge in [-0.2, -0.15) is 0 Å². The summed E-state index contributed by atoms with van der Waals surface area (Å²) in [7, 11) is 1.51. The van der Waals surface area contributed by atoms with Gasteiger partial charge in [-0.15, -0.1) is 0 Å². The number of aromatic nitrogens is 2. The van der Waals surface area contributed by atoms with Crippen LogP contribution in [-0.4, -0.2) is 72.8 Å². The van der Waals surface area contributed by atoms with Crippen LogP contribution < -0.4 is 15.4 Å². The number of carbonyl (C=O) groups excluding carboxylic acids is 2. The third kappa shape index (κ3) is 6.97. The largest absolute Gasteiger partial charge is 0.491 e. The van der Waals surface area contributed by atoms with Gasteiger partial charge in [-0.1, -0.05) is 17.7 Å². The van der Waals surface area contributed by atoms with E-state index in [1.54, 1.807) is 12.1 Å². The maximum atomic E-state index is 13.6. The van der Waals surface area contributed by atoms with Crippen molar-refractivity contribution in [1.29, 1.82) is 0 Å². The van der Waals surface area contributed by atoms with Crippen molar-refractivity contribution in [1.82, 2.24) is 14.9 Å². The second-order valence-corrected chi connectivity index (χ2v) is 10.1. The second-order valence-electron chi connectivity index (χ2n) is 9.67. The van der Waals surface area contributed by atoms with Gasteiger partial charge in [0.1, 0.15) is 36.4 Å². The molecule has 5 rings (SSSR count). The first-order valence-corrected chi connectivity index (χ1v) is 13.3. The fourth-order valence-corrected chi connectivity index (χ4v) is 4.43. The van der Waals surface area contributed by atoms with Gasteiger partial charge in [-0.3, -0.25) is 9.59 Å². The van der Waals surface area contributed by atoms with Crippen molar-refractivity contribution in [3.8, 4) is 5.75 Å². The molecule has 3 aromatic rings. The Morgan fingerprint density at radius 3 is 2.88 bits per heavy atom. The predicted molar refractivity (Wildman–Crippen MR) is 148 cm³/mol. The van der Waals surface area contributed by atoms with E-state index in [2.05, 4.69) is 20.6 Å². The summed E-state index contributed by atoms with van der Waals surface area (Å²) in [5.41, 5.74) is 1.93. The monoisotopic (exact) mass is 569 g/mol. The maximum Gasteiger partial charge on any atom is 0.326 e. The molecule has 10 nitrogen and oxygen atoms in total. The van der Waals surface area contributed by atoms with Crippen molar-refractivity contribution < 1.29 is 28.2 Å². The van der Waals surface area contributed by atoms with E-state index in [4.69, 9.17) is 25.8 Å². The number of anilines is 3. The Morgan fingerprint density at radius 1 is 1.25 bits per heavy atom. The van der Waals surface area contributed by atoms with Gasteiger partial charge in [0.25, 0.3) is 0 Å². The summed E-state index contributed by atoms with van der Waals surface area (Å²) in [6.45, 7) is 1.32. The summed E-state index contributed by atoms with van der Waals surface area (Å²) in [5.74, 6) is 0.431. The quantitative estimate of drug-likeness (QED) is 0.257. The van der Waals surface area contributed by atoms with E-state index >= 15 is 0 Å². The second kappa shape index (κ2) is 12.5. The number of carbonyl (C=O) groups is 2.